The number of rotatable bonds is 2. The van der Waals surface area contributed by atoms with Crippen LogP contribution in [0.15, 0.2) is 39.4 Å². The molecule has 114 valence electrons. The van der Waals surface area contributed by atoms with E-state index >= 15 is 0 Å². The van der Waals surface area contributed by atoms with Crippen molar-refractivity contribution in [2.75, 3.05) is 7.05 Å². The Morgan fingerprint density at radius 1 is 1.32 bits per heavy atom. The summed E-state index contributed by atoms with van der Waals surface area (Å²) in [7, 11) is -2.34. The van der Waals surface area contributed by atoms with Crippen molar-refractivity contribution >= 4 is 21.5 Å². The van der Waals surface area contributed by atoms with Crippen LogP contribution < -0.4 is 0 Å². The van der Waals surface area contributed by atoms with E-state index in [9.17, 15) is 12.8 Å². The highest BCUT2D eigenvalue weighted by Crippen LogP contribution is 2.24. The molecule has 22 heavy (non-hydrogen) atoms. The van der Waals surface area contributed by atoms with E-state index in [2.05, 4.69) is 14.5 Å². The predicted octanol–water partition coefficient (Wildman–Crippen LogP) is 1.87. The van der Waals surface area contributed by atoms with Crippen LogP contribution >= 0.6 is 0 Å². The third-order valence-electron chi connectivity index (χ3n) is 3.06. The minimum absolute atomic E-state index is 0.113. The molecule has 7 nitrogen and oxygen atoms in total. The van der Waals surface area contributed by atoms with Crippen LogP contribution in [0, 0.1) is 5.82 Å². The summed E-state index contributed by atoms with van der Waals surface area (Å²) in [6, 6.07) is 5.77. The van der Waals surface area contributed by atoms with Gasteiger partial charge in [-0.15, -0.1) is 4.40 Å². The van der Waals surface area contributed by atoms with E-state index < -0.39 is 16.0 Å². The van der Waals surface area contributed by atoms with Crippen molar-refractivity contribution in [3.05, 3.63) is 42.2 Å². The molecule has 0 unspecified atom stereocenters. The summed E-state index contributed by atoms with van der Waals surface area (Å²) in [5.41, 5.74) is 1.10. The summed E-state index contributed by atoms with van der Waals surface area (Å²) in [5.74, 6) is -0.0918. The minimum atomic E-state index is -3.70. The molecule has 0 saturated carbocycles. The minimum Gasteiger partial charge on any atom is -0.333 e. The fourth-order valence-corrected chi connectivity index (χ4v) is 2.73. The predicted molar refractivity (Wildman–Crippen MR) is 77.5 cm³/mol. The molecule has 0 aliphatic carbocycles. The maximum absolute atomic E-state index is 13.2. The summed E-state index contributed by atoms with van der Waals surface area (Å²) in [4.78, 5) is 4.16. The Labute approximate surface area is 126 Å². The van der Waals surface area contributed by atoms with Gasteiger partial charge in [0.2, 0.25) is 5.82 Å². The number of hydrogen-bond donors (Lipinski definition) is 0. The highest BCUT2D eigenvalue weighted by Gasteiger charge is 2.25. The van der Waals surface area contributed by atoms with Crippen LogP contribution in [0.4, 0.5) is 4.39 Å². The van der Waals surface area contributed by atoms with Gasteiger partial charge >= 0.3 is 10.2 Å². The van der Waals surface area contributed by atoms with Crippen molar-refractivity contribution in [3.8, 4) is 11.4 Å². The molecule has 3 rings (SSSR count). The van der Waals surface area contributed by atoms with Gasteiger partial charge in [-0.2, -0.15) is 13.4 Å². The lowest BCUT2D eigenvalue weighted by molar-refractivity contribution is 0.409. The van der Waals surface area contributed by atoms with Crippen LogP contribution in [-0.2, 0) is 10.2 Å². The number of allylic oxidation sites excluding steroid dienone is 1. The van der Waals surface area contributed by atoms with E-state index in [1.54, 1.807) is 6.07 Å². The molecule has 0 saturated heterocycles. The third-order valence-corrected chi connectivity index (χ3v) is 4.39. The molecule has 1 aliphatic heterocycles. The van der Waals surface area contributed by atoms with Gasteiger partial charge in [0.1, 0.15) is 5.82 Å². The molecule has 0 bridgehead atoms. The zero-order valence-corrected chi connectivity index (χ0v) is 12.5. The molecule has 0 fully saturated rings. The van der Waals surface area contributed by atoms with Crippen LogP contribution in [0.25, 0.3) is 17.0 Å². The summed E-state index contributed by atoms with van der Waals surface area (Å²) in [5, 5.41) is 3.78. The maximum atomic E-state index is 13.2. The summed E-state index contributed by atoms with van der Waals surface area (Å²) in [6.45, 7) is 1.53. The van der Waals surface area contributed by atoms with E-state index in [1.165, 1.54) is 38.4 Å². The SMILES string of the molecule is CC1=NS(=O)(=O)N(C)C=C1c1nc(-c2cccc(F)c2)no1. The van der Waals surface area contributed by atoms with Crippen molar-refractivity contribution in [2.24, 2.45) is 4.40 Å². The molecule has 2 heterocycles. The average molecular weight is 322 g/mol. The van der Waals surface area contributed by atoms with Crippen molar-refractivity contribution in [1.82, 2.24) is 14.4 Å². The van der Waals surface area contributed by atoms with Crippen LogP contribution in [0.1, 0.15) is 12.8 Å². The first kappa shape index (κ1) is 14.4. The van der Waals surface area contributed by atoms with Gasteiger partial charge in [-0.25, -0.2) is 4.39 Å². The monoisotopic (exact) mass is 322 g/mol. The summed E-state index contributed by atoms with van der Waals surface area (Å²) >= 11 is 0. The largest absolute Gasteiger partial charge is 0.344 e. The van der Waals surface area contributed by atoms with Crippen LogP contribution in [0.2, 0.25) is 0 Å². The standard InChI is InChI=1S/C13H11FN4O3S/c1-8-11(7-18(2)22(19,20)17-8)13-15-12(16-21-13)9-4-3-5-10(14)6-9/h3-7H,1-2H3. The lowest BCUT2D eigenvalue weighted by Gasteiger charge is -2.17. The Bertz CT molecular complexity index is 902. The fourth-order valence-electron chi connectivity index (χ4n) is 1.92. The smallest absolute Gasteiger partial charge is 0.333 e. The Morgan fingerprint density at radius 3 is 2.82 bits per heavy atom. The molecule has 0 radical (unpaired) electrons. The Hall–Kier alpha value is -2.55. The van der Waals surface area contributed by atoms with Crippen molar-refractivity contribution in [3.63, 3.8) is 0 Å². The Kier molecular flexibility index (Phi) is 3.28. The van der Waals surface area contributed by atoms with Gasteiger partial charge in [0.25, 0.3) is 5.89 Å². The van der Waals surface area contributed by atoms with Gasteiger partial charge in [-0.3, -0.25) is 4.31 Å². The van der Waals surface area contributed by atoms with E-state index in [1.807, 2.05) is 0 Å². The number of benzene rings is 1. The Morgan fingerprint density at radius 2 is 2.09 bits per heavy atom. The molecule has 1 aromatic carbocycles. The number of hydrogen-bond acceptors (Lipinski definition) is 5. The molecule has 1 aromatic heterocycles. The zero-order valence-electron chi connectivity index (χ0n) is 11.7. The molecule has 0 atom stereocenters. The number of nitrogens with zero attached hydrogens (tertiary/aromatic N) is 4. The van der Waals surface area contributed by atoms with Crippen molar-refractivity contribution < 1.29 is 17.3 Å². The van der Waals surface area contributed by atoms with Gasteiger partial charge in [0, 0.05) is 18.8 Å². The van der Waals surface area contributed by atoms with E-state index in [0.717, 1.165) is 4.31 Å². The summed E-state index contributed by atoms with van der Waals surface area (Å²) < 4.78 is 46.2. The van der Waals surface area contributed by atoms with Gasteiger partial charge in [0.05, 0.1) is 11.3 Å². The maximum Gasteiger partial charge on any atom is 0.344 e. The van der Waals surface area contributed by atoms with E-state index in [-0.39, 0.29) is 17.4 Å². The second kappa shape index (κ2) is 5.02. The molecule has 0 N–H and O–H groups in total. The van der Waals surface area contributed by atoms with Gasteiger partial charge < -0.3 is 4.52 Å². The molecule has 1 aliphatic rings. The third kappa shape index (κ3) is 2.50. The van der Waals surface area contributed by atoms with E-state index in [4.69, 9.17) is 4.52 Å². The first-order valence-corrected chi connectivity index (χ1v) is 7.63. The second-order valence-corrected chi connectivity index (χ2v) is 6.30. The fraction of sp³-hybridized carbons (Fsp3) is 0.154. The molecular weight excluding hydrogens is 311 g/mol. The lowest BCUT2D eigenvalue weighted by atomic mass is 10.2. The normalized spacial score (nSPS) is 17.1. The van der Waals surface area contributed by atoms with Gasteiger partial charge in [-0.1, -0.05) is 17.3 Å². The lowest BCUT2D eigenvalue weighted by Crippen LogP contribution is -2.25. The highest BCUT2D eigenvalue weighted by molar-refractivity contribution is 7.88. The molecule has 2 aromatic rings. The highest BCUT2D eigenvalue weighted by atomic mass is 32.2. The second-order valence-electron chi connectivity index (χ2n) is 4.65. The van der Waals surface area contributed by atoms with Crippen LogP contribution in [0.3, 0.4) is 0 Å². The average Bonchev–Trinajstić information content (AvgIpc) is 2.92. The number of halogens is 1. The van der Waals surface area contributed by atoms with Gasteiger partial charge in [0.15, 0.2) is 0 Å². The van der Waals surface area contributed by atoms with Crippen molar-refractivity contribution in [2.45, 2.75) is 6.92 Å². The summed E-state index contributed by atoms with van der Waals surface area (Å²) in [6.07, 6.45) is 1.35. The molecule has 9 heteroatoms. The first-order chi connectivity index (χ1) is 10.4. The first-order valence-electron chi connectivity index (χ1n) is 6.23. The van der Waals surface area contributed by atoms with Crippen LogP contribution in [-0.4, -0.2) is 35.6 Å². The zero-order chi connectivity index (χ0) is 15.9. The topological polar surface area (TPSA) is 88.7 Å². The molecule has 0 amide bonds. The van der Waals surface area contributed by atoms with Crippen molar-refractivity contribution in [1.29, 1.82) is 0 Å². The van der Waals surface area contributed by atoms with Gasteiger partial charge in [-0.05, 0) is 19.1 Å². The number of aromatic nitrogens is 2. The van der Waals surface area contributed by atoms with Crippen LogP contribution in [0.5, 0.6) is 0 Å². The molecular formula is C13H11FN4O3S. The van der Waals surface area contributed by atoms with E-state index in [0.29, 0.717) is 11.1 Å². The quantitative estimate of drug-likeness (QED) is 0.842. The Balaban J connectivity index is 2.00. The molecule has 0 spiro atoms.